The number of halogens is 2. The molecule has 24 heavy (non-hydrogen) atoms. The minimum atomic E-state index is -0.0605. The van der Waals surface area contributed by atoms with E-state index in [0.717, 1.165) is 29.9 Å². The molecule has 4 rings (SSSR count). The van der Waals surface area contributed by atoms with Crippen molar-refractivity contribution in [2.45, 2.75) is 18.8 Å². The summed E-state index contributed by atoms with van der Waals surface area (Å²) in [6, 6.07) is 9.74. The number of piperidine rings is 1. The first-order valence-corrected chi connectivity index (χ1v) is 9.38. The molecule has 0 radical (unpaired) electrons. The van der Waals surface area contributed by atoms with Crippen molar-refractivity contribution in [1.82, 2.24) is 14.9 Å². The van der Waals surface area contributed by atoms with Crippen LogP contribution in [0.1, 0.15) is 34.3 Å². The van der Waals surface area contributed by atoms with E-state index in [1.165, 1.54) is 4.70 Å². The van der Waals surface area contributed by atoms with Gasteiger partial charge in [0.2, 0.25) is 0 Å². The van der Waals surface area contributed by atoms with E-state index in [1.807, 2.05) is 23.1 Å². The van der Waals surface area contributed by atoms with E-state index in [2.05, 4.69) is 11.1 Å². The molecule has 3 aromatic rings. The van der Waals surface area contributed by atoms with Crippen LogP contribution >= 0.6 is 34.5 Å². The molecule has 7 heteroatoms. The third-order valence-electron chi connectivity index (χ3n) is 4.32. The number of likely N-dealkylation sites (tertiary alicyclic amines) is 1. The fourth-order valence-electron chi connectivity index (χ4n) is 3.12. The summed E-state index contributed by atoms with van der Waals surface area (Å²) in [7, 11) is 0. The van der Waals surface area contributed by atoms with E-state index in [9.17, 15) is 4.79 Å². The summed E-state index contributed by atoms with van der Waals surface area (Å²) < 4.78 is 1.19. The highest BCUT2D eigenvalue weighted by molar-refractivity contribution is 7.18. The van der Waals surface area contributed by atoms with Crippen molar-refractivity contribution in [2.75, 3.05) is 13.1 Å². The zero-order valence-corrected chi connectivity index (χ0v) is 15.1. The van der Waals surface area contributed by atoms with Crippen LogP contribution in [0.15, 0.2) is 30.3 Å². The van der Waals surface area contributed by atoms with Gasteiger partial charge in [0.1, 0.15) is 10.8 Å². The Morgan fingerprint density at radius 3 is 2.92 bits per heavy atom. The van der Waals surface area contributed by atoms with Gasteiger partial charge in [-0.25, -0.2) is 4.98 Å². The van der Waals surface area contributed by atoms with E-state index in [0.29, 0.717) is 22.4 Å². The number of aromatic amines is 1. The molecule has 0 spiro atoms. The fraction of sp³-hybridized carbons (Fsp3) is 0.294. The monoisotopic (exact) mass is 379 g/mol. The number of hydrogen-bond donors (Lipinski definition) is 1. The zero-order chi connectivity index (χ0) is 16.7. The lowest BCUT2D eigenvalue weighted by atomic mass is 9.98. The van der Waals surface area contributed by atoms with Crippen molar-refractivity contribution in [2.24, 2.45) is 0 Å². The number of nitrogens with one attached hydrogen (secondary N) is 1. The lowest BCUT2D eigenvalue weighted by Crippen LogP contribution is -2.39. The van der Waals surface area contributed by atoms with Crippen LogP contribution in [0, 0.1) is 0 Å². The summed E-state index contributed by atoms with van der Waals surface area (Å²) in [4.78, 5) is 22.1. The number of nitrogens with zero attached hydrogens (tertiary/aromatic N) is 2. The molecule has 0 bridgehead atoms. The molecule has 0 aliphatic carbocycles. The molecular formula is C17H15Cl2N3OS. The van der Waals surface area contributed by atoms with Gasteiger partial charge >= 0.3 is 0 Å². The van der Waals surface area contributed by atoms with Gasteiger partial charge < -0.3 is 9.88 Å². The Morgan fingerprint density at radius 1 is 1.33 bits per heavy atom. The SMILES string of the molecule is O=C(c1cc(Cl)c(Cl)[nH]1)N1CCCC(c2nc3ccccc3s2)C1. The summed E-state index contributed by atoms with van der Waals surface area (Å²) in [5.41, 5.74) is 1.47. The van der Waals surface area contributed by atoms with E-state index >= 15 is 0 Å². The molecule has 1 unspecified atom stereocenters. The maximum absolute atomic E-state index is 12.7. The topological polar surface area (TPSA) is 49.0 Å². The molecule has 1 aromatic carbocycles. The molecule has 3 heterocycles. The Balaban J connectivity index is 1.55. The first kappa shape index (κ1) is 15.9. The van der Waals surface area contributed by atoms with Gasteiger partial charge in [-0.2, -0.15) is 0 Å². The largest absolute Gasteiger partial charge is 0.340 e. The number of aromatic nitrogens is 2. The lowest BCUT2D eigenvalue weighted by molar-refractivity contribution is 0.0702. The standard InChI is InChI=1S/C17H15Cl2N3OS/c18-11-8-13(20-15(11)19)17(23)22-7-3-4-10(9-22)16-21-12-5-1-2-6-14(12)24-16/h1-2,5-6,8,10,20H,3-4,7,9H2. The lowest BCUT2D eigenvalue weighted by Gasteiger charge is -2.31. The molecule has 1 saturated heterocycles. The van der Waals surface area contributed by atoms with E-state index in [-0.39, 0.29) is 11.8 Å². The normalized spacial score (nSPS) is 18.2. The van der Waals surface area contributed by atoms with E-state index in [1.54, 1.807) is 17.4 Å². The summed E-state index contributed by atoms with van der Waals surface area (Å²) >= 11 is 13.6. The number of fused-ring (bicyclic) bond motifs is 1. The Morgan fingerprint density at radius 2 is 2.17 bits per heavy atom. The zero-order valence-electron chi connectivity index (χ0n) is 12.8. The Bertz CT molecular complexity index is 852. The second kappa shape index (κ2) is 6.39. The minimum Gasteiger partial charge on any atom is -0.340 e. The predicted octanol–water partition coefficient (Wildman–Crippen LogP) is 4.95. The predicted molar refractivity (Wildman–Crippen MR) is 98.3 cm³/mol. The number of carbonyl (C=O) groups is 1. The van der Waals surface area contributed by atoms with Crippen LogP contribution in [-0.2, 0) is 0 Å². The summed E-state index contributed by atoms with van der Waals surface area (Å²) in [5, 5.41) is 1.79. The first-order valence-electron chi connectivity index (χ1n) is 7.80. The second-order valence-corrected chi connectivity index (χ2v) is 7.80. The van der Waals surface area contributed by atoms with Gasteiger partial charge in [0, 0.05) is 19.0 Å². The average molecular weight is 380 g/mol. The number of rotatable bonds is 2. The quantitative estimate of drug-likeness (QED) is 0.684. The number of amides is 1. The number of hydrogen-bond acceptors (Lipinski definition) is 3. The Labute approximate surface area is 153 Å². The summed E-state index contributed by atoms with van der Waals surface area (Å²) in [6.45, 7) is 1.42. The van der Waals surface area contributed by atoms with Crippen molar-refractivity contribution in [3.8, 4) is 0 Å². The van der Waals surface area contributed by atoms with Crippen LogP contribution in [0.5, 0.6) is 0 Å². The molecular weight excluding hydrogens is 365 g/mol. The van der Waals surface area contributed by atoms with Gasteiger partial charge in [-0.3, -0.25) is 4.79 Å². The number of H-pyrrole nitrogens is 1. The molecule has 1 N–H and O–H groups in total. The minimum absolute atomic E-state index is 0.0605. The molecule has 1 fully saturated rings. The maximum Gasteiger partial charge on any atom is 0.270 e. The molecule has 1 amide bonds. The molecule has 1 aliphatic heterocycles. The van der Waals surface area contributed by atoms with Crippen LogP contribution in [0.25, 0.3) is 10.2 Å². The van der Waals surface area contributed by atoms with Crippen LogP contribution in [0.3, 0.4) is 0 Å². The van der Waals surface area contributed by atoms with Crippen molar-refractivity contribution < 1.29 is 4.79 Å². The van der Waals surface area contributed by atoms with Gasteiger partial charge in [-0.1, -0.05) is 35.3 Å². The number of benzene rings is 1. The van der Waals surface area contributed by atoms with Crippen LogP contribution in [-0.4, -0.2) is 33.9 Å². The molecule has 1 atom stereocenters. The summed E-state index contributed by atoms with van der Waals surface area (Å²) in [6.07, 6.45) is 2.02. The van der Waals surface area contributed by atoms with Gasteiger partial charge in [0.25, 0.3) is 5.91 Å². The van der Waals surface area contributed by atoms with Crippen molar-refractivity contribution in [1.29, 1.82) is 0 Å². The van der Waals surface area contributed by atoms with Crippen LogP contribution in [0.4, 0.5) is 0 Å². The average Bonchev–Trinajstić information content (AvgIpc) is 3.18. The van der Waals surface area contributed by atoms with Crippen LogP contribution < -0.4 is 0 Å². The summed E-state index contributed by atoms with van der Waals surface area (Å²) in [5.74, 6) is 0.218. The molecule has 1 aliphatic rings. The highest BCUT2D eigenvalue weighted by Crippen LogP contribution is 2.33. The number of para-hydroxylation sites is 1. The van der Waals surface area contributed by atoms with Crippen molar-refractivity contribution in [3.63, 3.8) is 0 Å². The second-order valence-electron chi connectivity index (χ2n) is 5.96. The van der Waals surface area contributed by atoms with Gasteiger partial charge in [-0.05, 0) is 31.0 Å². The number of thiazole rings is 1. The van der Waals surface area contributed by atoms with E-state index < -0.39 is 0 Å². The molecule has 124 valence electrons. The van der Waals surface area contributed by atoms with Gasteiger partial charge in [0.05, 0.1) is 20.2 Å². The van der Waals surface area contributed by atoms with Gasteiger partial charge in [0.15, 0.2) is 0 Å². The molecule has 2 aromatic heterocycles. The fourth-order valence-corrected chi connectivity index (χ4v) is 4.52. The Hall–Kier alpha value is -1.56. The third kappa shape index (κ3) is 2.92. The first-order chi connectivity index (χ1) is 11.6. The Kier molecular flexibility index (Phi) is 4.24. The number of carbonyl (C=O) groups excluding carboxylic acids is 1. The highest BCUT2D eigenvalue weighted by atomic mass is 35.5. The van der Waals surface area contributed by atoms with Crippen molar-refractivity contribution in [3.05, 3.63) is 51.2 Å². The van der Waals surface area contributed by atoms with E-state index in [4.69, 9.17) is 28.2 Å². The van der Waals surface area contributed by atoms with Crippen molar-refractivity contribution >= 4 is 50.7 Å². The highest BCUT2D eigenvalue weighted by Gasteiger charge is 2.28. The van der Waals surface area contributed by atoms with Crippen LogP contribution in [0.2, 0.25) is 10.2 Å². The molecule has 0 saturated carbocycles. The smallest absolute Gasteiger partial charge is 0.270 e. The van der Waals surface area contributed by atoms with Gasteiger partial charge in [-0.15, -0.1) is 11.3 Å². The molecule has 4 nitrogen and oxygen atoms in total. The maximum atomic E-state index is 12.7. The third-order valence-corrected chi connectivity index (χ3v) is 6.22.